The van der Waals surface area contributed by atoms with Crippen molar-refractivity contribution in [3.63, 3.8) is 0 Å². The van der Waals surface area contributed by atoms with E-state index in [1.54, 1.807) is 6.20 Å². The molecule has 5 heteroatoms. The van der Waals surface area contributed by atoms with E-state index < -0.39 is 0 Å². The lowest BCUT2D eigenvalue weighted by Gasteiger charge is -2.24. The minimum atomic E-state index is 0.468. The van der Waals surface area contributed by atoms with E-state index in [9.17, 15) is 0 Å². The molecule has 17 heavy (non-hydrogen) atoms. The summed E-state index contributed by atoms with van der Waals surface area (Å²) in [6, 6.07) is 2.42. The molecule has 2 aromatic rings. The average Bonchev–Trinajstić information content (AvgIpc) is 2.82. The molecule has 1 unspecified atom stereocenters. The molecule has 0 saturated heterocycles. The van der Waals surface area contributed by atoms with Gasteiger partial charge in [-0.05, 0) is 26.3 Å². The molecule has 0 saturated carbocycles. The standard InChI is InChI=1S/C12H15N5/c1-7-5-9-11(6-13-7)15-8(2)16-12(9)10-3-4-14-17-10/h3-4,7,13H,5-6H2,1-2H3,(H,14,17). The molecule has 5 nitrogen and oxygen atoms in total. The van der Waals surface area contributed by atoms with Crippen LogP contribution in [0.3, 0.4) is 0 Å². The molecule has 0 aliphatic carbocycles. The number of hydrogen-bond acceptors (Lipinski definition) is 4. The highest BCUT2D eigenvalue weighted by molar-refractivity contribution is 5.60. The highest BCUT2D eigenvalue weighted by Gasteiger charge is 2.21. The minimum absolute atomic E-state index is 0.468. The molecule has 2 aromatic heterocycles. The van der Waals surface area contributed by atoms with Gasteiger partial charge >= 0.3 is 0 Å². The molecular weight excluding hydrogens is 214 g/mol. The molecule has 88 valence electrons. The molecular formula is C12H15N5. The van der Waals surface area contributed by atoms with Crippen LogP contribution in [0, 0.1) is 6.92 Å². The number of hydrogen-bond donors (Lipinski definition) is 2. The molecule has 1 aliphatic rings. The normalized spacial score (nSPS) is 19.1. The van der Waals surface area contributed by atoms with E-state index in [4.69, 9.17) is 0 Å². The molecule has 0 radical (unpaired) electrons. The Kier molecular flexibility index (Phi) is 2.40. The Bertz CT molecular complexity index is 532. The Morgan fingerprint density at radius 1 is 1.35 bits per heavy atom. The second kappa shape index (κ2) is 3.92. The monoisotopic (exact) mass is 229 g/mol. The molecule has 1 aliphatic heterocycles. The molecule has 0 amide bonds. The van der Waals surface area contributed by atoms with E-state index >= 15 is 0 Å². The second-order valence-electron chi connectivity index (χ2n) is 4.50. The fourth-order valence-electron chi connectivity index (χ4n) is 2.27. The van der Waals surface area contributed by atoms with E-state index in [1.807, 2.05) is 13.0 Å². The number of H-pyrrole nitrogens is 1. The second-order valence-corrected chi connectivity index (χ2v) is 4.50. The lowest BCUT2D eigenvalue weighted by Crippen LogP contribution is -2.34. The van der Waals surface area contributed by atoms with Crippen LogP contribution >= 0.6 is 0 Å². The fourth-order valence-corrected chi connectivity index (χ4v) is 2.27. The van der Waals surface area contributed by atoms with Crippen molar-refractivity contribution in [3.8, 4) is 11.4 Å². The summed E-state index contributed by atoms with van der Waals surface area (Å²) in [7, 11) is 0. The van der Waals surface area contributed by atoms with E-state index in [2.05, 4.69) is 32.4 Å². The molecule has 2 N–H and O–H groups in total. The van der Waals surface area contributed by atoms with Gasteiger partial charge in [0.25, 0.3) is 0 Å². The van der Waals surface area contributed by atoms with Gasteiger partial charge in [0.2, 0.25) is 0 Å². The van der Waals surface area contributed by atoms with Crippen molar-refractivity contribution in [2.45, 2.75) is 32.9 Å². The van der Waals surface area contributed by atoms with Crippen LogP contribution in [0.4, 0.5) is 0 Å². The third-order valence-corrected chi connectivity index (χ3v) is 3.09. The smallest absolute Gasteiger partial charge is 0.126 e. The van der Waals surface area contributed by atoms with Crippen molar-refractivity contribution in [1.29, 1.82) is 0 Å². The van der Waals surface area contributed by atoms with Gasteiger partial charge in [0.15, 0.2) is 0 Å². The van der Waals surface area contributed by atoms with Gasteiger partial charge in [0.05, 0.1) is 17.1 Å². The Morgan fingerprint density at radius 2 is 2.24 bits per heavy atom. The third-order valence-electron chi connectivity index (χ3n) is 3.09. The Balaban J connectivity index is 2.17. The quantitative estimate of drug-likeness (QED) is 0.771. The summed E-state index contributed by atoms with van der Waals surface area (Å²) in [6.07, 6.45) is 2.72. The molecule has 0 spiro atoms. The number of aromatic amines is 1. The summed E-state index contributed by atoms with van der Waals surface area (Å²) in [5.74, 6) is 0.810. The van der Waals surface area contributed by atoms with Gasteiger partial charge in [0.1, 0.15) is 5.82 Å². The first-order chi connectivity index (χ1) is 8.24. The van der Waals surface area contributed by atoms with Gasteiger partial charge in [-0.15, -0.1) is 0 Å². The zero-order chi connectivity index (χ0) is 11.8. The van der Waals surface area contributed by atoms with Crippen LogP contribution in [0.2, 0.25) is 0 Å². The number of nitrogens with zero attached hydrogens (tertiary/aromatic N) is 3. The van der Waals surface area contributed by atoms with Crippen molar-refractivity contribution in [2.75, 3.05) is 0 Å². The van der Waals surface area contributed by atoms with Crippen molar-refractivity contribution < 1.29 is 0 Å². The minimum Gasteiger partial charge on any atom is -0.308 e. The predicted octanol–water partition coefficient (Wildman–Crippen LogP) is 1.21. The Labute approximate surface area is 99.7 Å². The van der Waals surface area contributed by atoms with Crippen LogP contribution in [0.25, 0.3) is 11.4 Å². The van der Waals surface area contributed by atoms with Crippen molar-refractivity contribution in [2.24, 2.45) is 0 Å². The van der Waals surface area contributed by atoms with Crippen LogP contribution < -0.4 is 5.32 Å². The Morgan fingerprint density at radius 3 is 3.00 bits per heavy atom. The van der Waals surface area contributed by atoms with Gasteiger partial charge in [0, 0.05) is 24.3 Å². The number of nitrogens with one attached hydrogen (secondary N) is 2. The zero-order valence-electron chi connectivity index (χ0n) is 9.99. The zero-order valence-corrected chi connectivity index (χ0v) is 9.99. The first-order valence-corrected chi connectivity index (χ1v) is 5.83. The number of aromatic nitrogens is 4. The predicted molar refractivity (Wildman–Crippen MR) is 64.4 cm³/mol. The van der Waals surface area contributed by atoms with E-state index in [1.165, 1.54) is 5.56 Å². The van der Waals surface area contributed by atoms with E-state index in [0.29, 0.717) is 6.04 Å². The van der Waals surface area contributed by atoms with Crippen molar-refractivity contribution in [1.82, 2.24) is 25.5 Å². The SMILES string of the molecule is Cc1nc2c(c(-c3ccn[nH]3)n1)CC(C)NC2. The molecule has 3 heterocycles. The maximum atomic E-state index is 4.55. The lowest BCUT2D eigenvalue weighted by atomic mass is 9.97. The van der Waals surface area contributed by atoms with Gasteiger partial charge in [-0.3, -0.25) is 5.10 Å². The molecule has 3 rings (SSSR count). The fraction of sp³-hybridized carbons (Fsp3) is 0.417. The third kappa shape index (κ3) is 1.82. The number of fused-ring (bicyclic) bond motifs is 1. The summed E-state index contributed by atoms with van der Waals surface area (Å²) in [5, 5.41) is 10.4. The molecule has 0 fully saturated rings. The number of aryl methyl sites for hydroxylation is 1. The average molecular weight is 229 g/mol. The first-order valence-electron chi connectivity index (χ1n) is 5.83. The van der Waals surface area contributed by atoms with Crippen LogP contribution in [0.15, 0.2) is 12.3 Å². The summed E-state index contributed by atoms with van der Waals surface area (Å²) in [5.41, 5.74) is 4.32. The molecule has 1 atom stereocenters. The molecule has 0 bridgehead atoms. The highest BCUT2D eigenvalue weighted by Crippen LogP contribution is 2.25. The van der Waals surface area contributed by atoms with Crippen LogP contribution in [0.5, 0.6) is 0 Å². The maximum Gasteiger partial charge on any atom is 0.126 e. The van der Waals surface area contributed by atoms with Gasteiger partial charge < -0.3 is 5.32 Å². The molecule has 0 aromatic carbocycles. The van der Waals surface area contributed by atoms with Gasteiger partial charge in [-0.2, -0.15) is 5.10 Å². The first kappa shape index (κ1) is 10.4. The topological polar surface area (TPSA) is 66.5 Å². The number of rotatable bonds is 1. The summed E-state index contributed by atoms with van der Waals surface area (Å²) < 4.78 is 0. The van der Waals surface area contributed by atoms with E-state index in [0.717, 1.165) is 35.9 Å². The largest absolute Gasteiger partial charge is 0.308 e. The van der Waals surface area contributed by atoms with Gasteiger partial charge in [-0.25, -0.2) is 9.97 Å². The summed E-state index contributed by atoms with van der Waals surface area (Å²) >= 11 is 0. The van der Waals surface area contributed by atoms with Crippen LogP contribution in [0.1, 0.15) is 24.0 Å². The van der Waals surface area contributed by atoms with E-state index in [-0.39, 0.29) is 0 Å². The van der Waals surface area contributed by atoms with Crippen molar-refractivity contribution in [3.05, 3.63) is 29.3 Å². The Hall–Kier alpha value is -1.75. The summed E-state index contributed by atoms with van der Waals surface area (Å²) in [4.78, 5) is 9.06. The van der Waals surface area contributed by atoms with Crippen LogP contribution in [-0.2, 0) is 13.0 Å². The van der Waals surface area contributed by atoms with Gasteiger partial charge in [-0.1, -0.05) is 0 Å². The maximum absolute atomic E-state index is 4.55. The lowest BCUT2D eigenvalue weighted by molar-refractivity contribution is 0.502. The van der Waals surface area contributed by atoms with Crippen LogP contribution in [-0.4, -0.2) is 26.2 Å². The summed E-state index contributed by atoms with van der Waals surface area (Å²) in [6.45, 7) is 4.93. The highest BCUT2D eigenvalue weighted by atomic mass is 15.1. The van der Waals surface area contributed by atoms with Crippen molar-refractivity contribution >= 4 is 0 Å².